The predicted molar refractivity (Wildman–Crippen MR) is 99.9 cm³/mol. The zero-order chi connectivity index (χ0) is 18.6. The molecule has 0 unspecified atom stereocenters. The number of furan rings is 1. The Labute approximate surface area is 156 Å². The molecule has 6 nitrogen and oxygen atoms in total. The average Bonchev–Trinajstić information content (AvgIpc) is 3.37. The van der Waals surface area contributed by atoms with Gasteiger partial charge in [-0.15, -0.1) is 0 Å². The maximum Gasteiger partial charge on any atom is 0.255 e. The van der Waals surface area contributed by atoms with Crippen molar-refractivity contribution >= 4 is 17.5 Å². The second-order valence-electron chi connectivity index (χ2n) is 6.18. The molecule has 0 fully saturated rings. The molecular weight excluding hydrogens is 344 g/mol. The van der Waals surface area contributed by atoms with Gasteiger partial charge in [0.1, 0.15) is 11.5 Å². The minimum Gasteiger partial charge on any atom is -0.493 e. The molecule has 0 saturated carbocycles. The van der Waals surface area contributed by atoms with Crippen LogP contribution < -0.4 is 15.4 Å². The van der Waals surface area contributed by atoms with Gasteiger partial charge in [-0.2, -0.15) is 0 Å². The van der Waals surface area contributed by atoms with Gasteiger partial charge in [-0.25, -0.2) is 0 Å². The molecule has 0 atom stereocenters. The van der Waals surface area contributed by atoms with Crippen LogP contribution in [0.15, 0.2) is 65.3 Å². The van der Waals surface area contributed by atoms with Gasteiger partial charge in [0.15, 0.2) is 0 Å². The quantitative estimate of drug-likeness (QED) is 0.729. The fraction of sp³-hybridized carbons (Fsp3) is 0.143. The van der Waals surface area contributed by atoms with Crippen LogP contribution >= 0.6 is 0 Å². The van der Waals surface area contributed by atoms with Crippen LogP contribution in [0.2, 0.25) is 0 Å². The monoisotopic (exact) mass is 362 g/mol. The van der Waals surface area contributed by atoms with E-state index in [0.717, 1.165) is 17.7 Å². The minimum absolute atomic E-state index is 0.268. The first-order valence-electron chi connectivity index (χ1n) is 8.67. The summed E-state index contributed by atoms with van der Waals surface area (Å²) in [5, 5.41) is 5.62. The van der Waals surface area contributed by atoms with E-state index >= 15 is 0 Å². The molecule has 1 aliphatic heterocycles. The lowest BCUT2D eigenvalue weighted by Gasteiger charge is -2.11. The van der Waals surface area contributed by atoms with Gasteiger partial charge >= 0.3 is 0 Å². The molecule has 0 radical (unpaired) electrons. The third-order valence-electron chi connectivity index (χ3n) is 4.37. The van der Waals surface area contributed by atoms with Crippen LogP contribution in [0.3, 0.4) is 0 Å². The lowest BCUT2D eigenvalue weighted by atomic mass is 10.1. The zero-order valence-corrected chi connectivity index (χ0v) is 14.5. The first kappa shape index (κ1) is 16.9. The van der Waals surface area contributed by atoms with E-state index in [1.54, 1.807) is 54.8 Å². The summed E-state index contributed by atoms with van der Waals surface area (Å²) in [6, 6.07) is 15.8. The van der Waals surface area contributed by atoms with Gasteiger partial charge in [0.25, 0.3) is 11.8 Å². The topological polar surface area (TPSA) is 80.6 Å². The molecular formula is C21H18N2O4. The molecule has 0 spiro atoms. The number of hydrogen-bond donors (Lipinski definition) is 2. The Morgan fingerprint density at radius 3 is 2.74 bits per heavy atom. The SMILES string of the molecule is O=C(Nc1ccccc1C(=O)NCc1ccco1)c1ccc2c(c1)CCO2. The van der Waals surface area contributed by atoms with Gasteiger partial charge in [0, 0.05) is 12.0 Å². The van der Waals surface area contributed by atoms with Crippen LogP contribution in [0.25, 0.3) is 0 Å². The Morgan fingerprint density at radius 1 is 1.00 bits per heavy atom. The van der Waals surface area contributed by atoms with Crippen molar-refractivity contribution in [3.8, 4) is 5.75 Å². The molecule has 0 aliphatic carbocycles. The first-order valence-corrected chi connectivity index (χ1v) is 8.67. The Balaban J connectivity index is 1.49. The van der Waals surface area contributed by atoms with Gasteiger partial charge in [-0.05, 0) is 48.0 Å². The lowest BCUT2D eigenvalue weighted by Crippen LogP contribution is -2.24. The average molecular weight is 362 g/mol. The molecule has 0 saturated heterocycles. The molecule has 27 heavy (non-hydrogen) atoms. The molecule has 4 rings (SSSR count). The Bertz CT molecular complexity index is 980. The van der Waals surface area contributed by atoms with Gasteiger partial charge < -0.3 is 19.8 Å². The maximum atomic E-state index is 12.6. The normalized spacial score (nSPS) is 12.1. The van der Waals surface area contributed by atoms with Crippen molar-refractivity contribution in [2.75, 3.05) is 11.9 Å². The van der Waals surface area contributed by atoms with E-state index in [2.05, 4.69) is 10.6 Å². The van der Waals surface area contributed by atoms with Gasteiger partial charge in [0.05, 0.1) is 30.7 Å². The fourth-order valence-corrected chi connectivity index (χ4v) is 2.99. The van der Waals surface area contributed by atoms with Crippen LogP contribution in [0.4, 0.5) is 5.69 Å². The number of rotatable bonds is 5. The second kappa shape index (κ2) is 7.37. The van der Waals surface area contributed by atoms with Crippen molar-refractivity contribution in [1.29, 1.82) is 0 Å². The number of carbonyl (C=O) groups excluding carboxylic acids is 2. The third kappa shape index (κ3) is 3.69. The summed E-state index contributed by atoms with van der Waals surface area (Å²) in [5.74, 6) is 0.926. The van der Waals surface area contributed by atoms with Crippen LogP contribution in [-0.2, 0) is 13.0 Å². The highest BCUT2D eigenvalue weighted by Crippen LogP contribution is 2.26. The van der Waals surface area contributed by atoms with Gasteiger partial charge in [-0.3, -0.25) is 9.59 Å². The van der Waals surface area contributed by atoms with Crippen LogP contribution in [-0.4, -0.2) is 18.4 Å². The number of carbonyl (C=O) groups is 2. The lowest BCUT2D eigenvalue weighted by molar-refractivity contribution is 0.0949. The van der Waals surface area contributed by atoms with Gasteiger partial charge in [0.2, 0.25) is 0 Å². The van der Waals surface area contributed by atoms with Crippen molar-refractivity contribution in [1.82, 2.24) is 5.32 Å². The highest BCUT2D eigenvalue weighted by Gasteiger charge is 2.17. The molecule has 136 valence electrons. The third-order valence-corrected chi connectivity index (χ3v) is 4.37. The fourth-order valence-electron chi connectivity index (χ4n) is 2.99. The van der Waals surface area contributed by atoms with Crippen molar-refractivity contribution in [3.63, 3.8) is 0 Å². The van der Waals surface area contributed by atoms with Gasteiger partial charge in [-0.1, -0.05) is 12.1 Å². The molecule has 2 heterocycles. The first-order chi connectivity index (χ1) is 13.2. The van der Waals surface area contributed by atoms with Crippen LogP contribution in [0.1, 0.15) is 32.0 Å². The summed E-state index contributed by atoms with van der Waals surface area (Å²) in [5.41, 5.74) is 2.40. The molecule has 0 bridgehead atoms. The van der Waals surface area contributed by atoms with Crippen molar-refractivity contribution in [2.45, 2.75) is 13.0 Å². The Hall–Kier alpha value is -3.54. The van der Waals surface area contributed by atoms with E-state index < -0.39 is 0 Å². The molecule has 2 N–H and O–H groups in total. The summed E-state index contributed by atoms with van der Waals surface area (Å²) in [7, 11) is 0. The van der Waals surface area contributed by atoms with Crippen molar-refractivity contribution < 1.29 is 18.7 Å². The van der Waals surface area contributed by atoms with Crippen LogP contribution in [0, 0.1) is 0 Å². The van der Waals surface area contributed by atoms with Crippen molar-refractivity contribution in [2.24, 2.45) is 0 Å². The summed E-state index contributed by atoms with van der Waals surface area (Å²) in [6.07, 6.45) is 2.35. The number of amides is 2. The number of anilines is 1. The largest absolute Gasteiger partial charge is 0.493 e. The summed E-state index contributed by atoms with van der Waals surface area (Å²) in [6.45, 7) is 0.915. The van der Waals surface area contributed by atoms with E-state index in [0.29, 0.717) is 29.2 Å². The van der Waals surface area contributed by atoms with E-state index in [-0.39, 0.29) is 18.4 Å². The molecule has 2 amide bonds. The number of benzene rings is 2. The molecule has 1 aromatic heterocycles. The van der Waals surface area contributed by atoms with E-state index in [1.165, 1.54) is 0 Å². The molecule has 1 aliphatic rings. The number of hydrogen-bond acceptors (Lipinski definition) is 4. The zero-order valence-electron chi connectivity index (χ0n) is 14.5. The molecule has 6 heteroatoms. The summed E-state index contributed by atoms with van der Waals surface area (Å²) >= 11 is 0. The van der Waals surface area contributed by atoms with E-state index in [1.807, 2.05) is 6.07 Å². The number of ether oxygens (including phenoxy) is 1. The van der Waals surface area contributed by atoms with Crippen molar-refractivity contribution in [3.05, 3.63) is 83.3 Å². The maximum absolute atomic E-state index is 12.6. The van der Waals surface area contributed by atoms with Crippen LogP contribution in [0.5, 0.6) is 5.75 Å². The number of nitrogens with one attached hydrogen (secondary N) is 2. The second-order valence-corrected chi connectivity index (χ2v) is 6.18. The highest BCUT2D eigenvalue weighted by atomic mass is 16.5. The standard InChI is InChI=1S/C21H18N2O4/c24-20(15-7-8-19-14(12-15)9-11-27-19)23-18-6-2-1-5-17(18)21(25)22-13-16-4-3-10-26-16/h1-8,10,12H,9,11,13H2,(H,22,25)(H,23,24). The molecule has 3 aromatic rings. The molecule has 2 aromatic carbocycles. The summed E-state index contributed by atoms with van der Waals surface area (Å²) in [4.78, 5) is 25.1. The number of para-hydroxylation sites is 1. The van der Waals surface area contributed by atoms with E-state index in [9.17, 15) is 9.59 Å². The smallest absolute Gasteiger partial charge is 0.255 e. The summed E-state index contributed by atoms with van der Waals surface area (Å²) < 4.78 is 10.7. The number of fused-ring (bicyclic) bond motifs is 1. The predicted octanol–water partition coefficient (Wildman–Crippen LogP) is 3.40. The van der Waals surface area contributed by atoms with E-state index in [4.69, 9.17) is 9.15 Å². The highest BCUT2D eigenvalue weighted by molar-refractivity contribution is 6.09. The Morgan fingerprint density at radius 2 is 1.89 bits per heavy atom. The minimum atomic E-state index is -0.287. The Kier molecular flexibility index (Phi) is 4.61.